The van der Waals surface area contributed by atoms with Crippen LogP contribution in [0.3, 0.4) is 0 Å². The summed E-state index contributed by atoms with van der Waals surface area (Å²) in [5.74, 6) is 0.231. The number of ether oxygens (including phenoxy) is 1. The highest BCUT2D eigenvalue weighted by Gasteiger charge is 2.36. The van der Waals surface area contributed by atoms with E-state index in [9.17, 15) is 9.65 Å². The monoisotopic (exact) mass is 483 g/mol. The molecule has 0 fully saturated rings. The summed E-state index contributed by atoms with van der Waals surface area (Å²) in [4.78, 5) is 4.44. The molecular weight excluding hydrogens is 457 g/mol. The summed E-state index contributed by atoms with van der Waals surface area (Å²) in [6.07, 6.45) is 3.85. The van der Waals surface area contributed by atoms with Crippen LogP contribution in [0.15, 0.2) is 30.5 Å². The normalized spacial score (nSPS) is 18.1. The van der Waals surface area contributed by atoms with Crippen molar-refractivity contribution >= 4 is 5.82 Å². The number of nitriles is 1. The molecule has 1 aliphatic heterocycles. The zero-order chi connectivity index (χ0) is 25.1. The number of hydrogen-bond acceptors (Lipinski definition) is 6. The molecule has 0 spiro atoms. The van der Waals surface area contributed by atoms with Gasteiger partial charge in [-0.1, -0.05) is 0 Å². The molecule has 9 heteroatoms. The van der Waals surface area contributed by atoms with Gasteiger partial charge in [-0.25, -0.2) is 9.37 Å². The second kappa shape index (κ2) is 8.19. The van der Waals surface area contributed by atoms with Crippen molar-refractivity contribution in [3.63, 3.8) is 0 Å². The average Bonchev–Trinajstić information content (AvgIpc) is 3.42. The Balaban J connectivity index is 1.76. The van der Waals surface area contributed by atoms with Crippen LogP contribution in [-0.4, -0.2) is 24.5 Å². The van der Waals surface area contributed by atoms with E-state index >= 15 is 0 Å². The third-order valence-electron chi connectivity index (χ3n) is 7.32. The number of benzene rings is 1. The highest BCUT2D eigenvalue weighted by molar-refractivity contribution is 5.76. The molecule has 1 unspecified atom stereocenters. The molecule has 4 aromatic rings. The first-order chi connectivity index (χ1) is 17.4. The maximum atomic E-state index is 14.5. The number of aryl methyl sites for hydroxylation is 3. The summed E-state index contributed by atoms with van der Waals surface area (Å²) in [6, 6.07) is 8.87. The molecule has 0 saturated carbocycles. The molecule has 36 heavy (non-hydrogen) atoms. The van der Waals surface area contributed by atoms with Gasteiger partial charge in [0.1, 0.15) is 18.0 Å². The molecule has 1 aromatic carbocycles. The van der Waals surface area contributed by atoms with Crippen LogP contribution >= 0.6 is 0 Å². The first kappa shape index (κ1) is 22.3. The maximum absolute atomic E-state index is 14.5. The molecule has 182 valence electrons. The van der Waals surface area contributed by atoms with Gasteiger partial charge in [-0.05, 0) is 57.4 Å². The van der Waals surface area contributed by atoms with Crippen molar-refractivity contribution in [1.29, 1.82) is 5.26 Å². The molecule has 2 atom stereocenters. The van der Waals surface area contributed by atoms with Gasteiger partial charge in [-0.3, -0.25) is 9.36 Å². The van der Waals surface area contributed by atoms with E-state index in [1.807, 2.05) is 24.7 Å². The Hall–Kier alpha value is -4.19. The Morgan fingerprint density at radius 1 is 1.22 bits per heavy atom. The lowest BCUT2D eigenvalue weighted by Crippen LogP contribution is -2.15. The van der Waals surface area contributed by atoms with Crippen LogP contribution in [0.2, 0.25) is 0 Å². The molecule has 2 N–H and O–H groups in total. The van der Waals surface area contributed by atoms with Crippen LogP contribution in [0.25, 0.3) is 22.5 Å². The van der Waals surface area contributed by atoms with Crippen molar-refractivity contribution in [1.82, 2.24) is 24.5 Å². The third kappa shape index (κ3) is 3.21. The predicted octanol–water partition coefficient (Wildman–Crippen LogP) is 4.88. The van der Waals surface area contributed by atoms with Crippen LogP contribution in [0.4, 0.5) is 10.2 Å². The van der Waals surface area contributed by atoms with E-state index in [0.29, 0.717) is 23.6 Å². The minimum Gasteiger partial charge on any atom is -0.482 e. The van der Waals surface area contributed by atoms with Crippen molar-refractivity contribution in [3.8, 4) is 34.3 Å². The van der Waals surface area contributed by atoms with Crippen LogP contribution in [0, 0.1) is 17.1 Å². The highest BCUT2D eigenvalue weighted by atomic mass is 19.1. The number of rotatable bonds is 1. The van der Waals surface area contributed by atoms with Crippen molar-refractivity contribution in [2.45, 2.75) is 51.7 Å². The minimum absolute atomic E-state index is 0.100. The van der Waals surface area contributed by atoms with E-state index in [-0.39, 0.29) is 17.6 Å². The molecule has 0 radical (unpaired) electrons. The Bertz CT molecular complexity index is 1560. The number of aromatic nitrogens is 5. The fourth-order valence-corrected chi connectivity index (χ4v) is 5.81. The van der Waals surface area contributed by atoms with Gasteiger partial charge in [-0.15, -0.1) is 0 Å². The number of nitrogens with two attached hydrogens (primary N) is 1. The van der Waals surface area contributed by atoms with Gasteiger partial charge in [0, 0.05) is 53.5 Å². The molecule has 4 heterocycles. The second-order valence-corrected chi connectivity index (χ2v) is 9.41. The lowest BCUT2D eigenvalue weighted by atomic mass is 9.77. The molecule has 2 bridgehead atoms. The Labute approximate surface area is 208 Å². The third-order valence-corrected chi connectivity index (χ3v) is 7.32. The fraction of sp³-hybridized carbons (Fsp3) is 0.333. The second-order valence-electron chi connectivity index (χ2n) is 9.41. The quantitative estimate of drug-likeness (QED) is 0.413. The standard InChI is InChI=1S/C27H26FN7O/c1-4-35-25-15-10-22(27(30)31-13-15)36-14(2)19-11-16(28)8-9-17(19)26-24(21(12-29)32-34(26)3)18-6-5-7-20(33-35)23(18)25/h8-11,13-14,18H,4-7H2,1-3H3,(H2,30,31)/t14-,18?/m1/s1. The number of pyridine rings is 1. The van der Waals surface area contributed by atoms with Gasteiger partial charge in [0.25, 0.3) is 0 Å². The van der Waals surface area contributed by atoms with Crippen LogP contribution in [0.5, 0.6) is 5.75 Å². The number of hydrogen-bond donors (Lipinski definition) is 1. The molecular formula is C27H26FN7O. The Morgan fingerprint density at radius 3 is 2.83 bits per heavy atom. The Morgan fingerprint density at radius 2 is 2.06 bits per heavy atom. The Kier molecular flexibility index (Phi) is 5.07. The minimum atomic E-state index is -0.541. The molecule has 0 amide bonds. The van der Waals surface area contributed by atoms with E-state index in [4.69, 9.17) is 15.6 Å². The van der Waals surface area contributed by atoms with Crippen molar-refractivity contribution in [3.05, 3.63) is 64.4 Å². The number of nitrogen functional groups attached to an aromatic ring is 1. The summed E-state index contributed by atoms with van der Waals surface area (Å²) in [5.41, 5.74) is 13.6. The highest BCUT2D eigenvalue weighted by Crippen LogP contribution is 2.48. The summed E-state index contributed by atoms with van der Waals surface area (Å²) >= 11 is 0. The molecule has 2 aliphatic rings. The van der Waals surface area contributed by atoms with Crippen molar-refractivity contribution in [2.75, 3.05) is 5.73 Å². The smallest absolute Gasteiger partial charge is 0.166 e. The zero-order valence-electron chi connectivity index (χ0n) is 20.4. The lowest BCUT2D eigenvalue weighted by Gasteiger charge is -2.27. The molecule has 3 aromatic heterocycles. The molecule has 8 nitrogen and oxygen atoms in total. The summed E-state index contributed by atoms with van der Waals surface area (Å²) in [6.45, 7) is 4.60. The van der Waals surface area contributed by atoms with E-state index < -0.39 is 6.10 Å². The van der Waals surface area contributed by atoms with Gasteiger partial charge in [0.2, 0.25) is 0 Å². The predicted molar refractivity (Wildman–Crippen MR) is 133 cm³/mol. The first-order valence-corrected chi connectivity index (χ1v) is 12.2. The average molecular weight is 484 g/mol. The van der Waals surface area contributed by atoms with Crippen LogP contribution in [-0.2, 0) is 20.0 Å². The van der Waals surface area contributed by atoms with Crippen molar-refractivity contribution in [2.24, 2.45) is 7.05 Å². The number of fused-ring (bicyclic) bond motifs is 7. The lowest BCUT2D eigenvalue weighted by molar-refractivity contribution is 0.227. The van der Waals surface area contributed by atoms with Crippen molar-refractivity contribution < 1.29 is 9.13 Å². The summed E-state index contributed by atoms with van der Waals surface area (Å²) in [7, 11) is 1.83. The van der Waals surface area contributed by atoms with Gasteiger partial charge < -0.3 is 10.5 Å². The zero-order valence-corrected chi connectivity index (χ0v) is 20.4. The molecule has 1 aliphatic carbocycles. The molecule has 6 rings (SSSR count). The van der Waals surface area contributed by atoms with Gasteiger partial charge in [0.05, 0.1) is 17.1 Å². The number of nitrogens with zero attached hydrogens (tertiary/aromatic N) is 6. The van der Waals surface area contributed by atoms with E-state index in [1.165, 1.54) is 12.1 Å². The van der Waals surface area contributed by atoms with Crippen LogP contribution < -0.4 is 10.5 Å². The van der Waals surface area contributed by atoms with E-state index in [0.717, 1.165) is 58.6 Å². The largest absolute Gasteiger partial charge is 0.482 e. The number of anilines is 1. The first-order valence-electron chi connectivity index (χ1n) is 12.2. The SMILES string of the molecule is CCn1nc2c3c1-c1cnc(N)c(c1)O[C@H](C)c1cc(F)ccc1-c1c(c(C#N)nn1C)C3CCC2. The summed E-state index contributed by atoms with van der Waals surface area (Å²) in [5, 5.41) is 19.7. The van der Waals surface area contributed by atoms with Crippen LogP contribution in [0.1, 0.15) is 66.8 Å². The van der Waals surface area contributed by atoms with Gasteiger partial charge in [-0.2, -0.15) is 15.5 Å². The number of halogens is 1. The van der Waals surface area contributed by atoms with Gasteiger partial charge in [0.15, 0.2) is 17.3 Å². The fourth-order valence-electron chi connectivity index (χ4n) is 5.81. The maximum Gasteiger partial charge on any atom is 0.166 e. The summed E-state index contributed by atoms with van der Waals surface area (Å²) < 4.78 is 24.6. The van der Waals surface area contributed by atoms with E-state index in [1.54, 1.807) is 16.9 Å². The van der Waals surface area contributed by atoms with E-state index in [2.05, 4.69) is 23.1 Å². The van der Waals surface area contributed by atoms with Gasteiger partial charge >= 0.3 is 0 Å². The topological polar surface area (TPSA) is 108 Å². The molecule has 0 saturated heterocycles.